The molecule has 0 radical (unpaired) electrons. The smallest absolute Gasteiger partial charge is 0.345 e. The van der Waals surface area contributed by atoms with Gasteiger partial charge in [0.05, 0.1) is 14.2 Å². The number of carboxylic acids is 1. The molecule has 0 atom stereocenters. The first-order valence-corrected chi connectivity index (χ1v) is 7.69. The van der Waals surface area contributed by atoms with E-state index >= 15 is 0 Å². The summed E-state index contributed by atoms with van der Waals surface area (Å²) in [5.74, 6) is 0.574. The highest BCUT2D eigenvalue weighted by Crippen LogP contribution is 2.27. The van der Waals surface area contributed by atoms with Gasteiger partial charge in [-0.1, -0.05) is 6.07 Å². The molecule has 1 aromatic heterocycles. The number of aromatic carboxylic acids is 1. The number of nitrogens with one attached hydrogen (secondary N) is 1. The van der Waals surface area contributed by atoms with Gasteiger partial charge in [-0.05, 0) is 42.8 Å². The highest BCUT2D eigenvalue weighted by atomic mass is 32.1. The molecule has 0 bridgehead atoms. The summed E-state index contributed by atoms with van der Waals surface area (Å²) in [4.78, 5) is 12.2. The van der Waals surface area contributed by atoms with Gasteiger partial charge in [-0.15, -0.1) is 11.3 Å². The normalized spacial score (nSPS) is 10.5. The van der Waals surface area contributed by atoms with Gasteiger partial charge in [0.15, 0.2) is 11.5 Å². The van der Waals surface area contributed by atoms with Crippen molar-refractivity contribution in [3.05, 3.63) is 45.6 Å². The first-order chi connectivity index (χ1) is 10.6. The molecule has 1 heterocycles. The van der Waals surface area contributed by atoms with Crippen molar-refractivity contribution in [1.82, 2.24) is 5.32 Å². The zero-order chi connectivity index (χ0) is 15.9. The van der Waals surface area contributed by atoms with Crippen LogP contribution in [0, 0.1) is 0 Å². The maximum atomic E-state index is 10.8. The van der Waals surface area contributed by atoms with E-state index in [1.165, 1.54) is 11.3 Å². The summed E-state index contributed by atoms with van der Waals surface area (Å²) < 4.78 is 10.5. The molecule has 2 rings (SSSR count). The first kappa shape index (κ1) is 16.3. The lowest BCUT2D eigenvalue weighted by atomic mass is 10.1. The van der Waals surface area contributed by atoms with Gasteiger partial charge in [0.1, 0.15) is 4.88 Å². The van der Waals surface area contributed by atoms with Crippen LogP contribution >= 0.6 is 11.3 Å². The van der Waals surface area contributed by atoms with Gasteiger partial charge in [0.25, 0.3) is 0 Å². The quantitative estimate of drug-likeness (QED) is 0.732. The van der Waals surface area contributed by atoms with Crippen molar-refractivity contribution >= 4 is 17.3 Å². The molecule has 0 aliphatic carbocycles. The van der Waals surface area contributed by atoms with E-state index in [0.29, 0.717) is 11.4 Å². The van der Waals surface area contributed by atoms with E-state index in [4.69, 9.17) is 14.6 Å². The molecule has 0 amide bonds. The van der Waals surface area contributed by atoms with E-state index in [-0.39, 0.29) is 0 Å². The fourth-order valence-corrected chi connectivity index (χ4v) is 2.88. The summed E-state index contributed by atoms with van der Waals surface area (Å²) in [6.45, 7) is 1.47. The van der Waals surface area contributed by atoms with E-state index in [1.807, 2.05) is 24.3 Å². The molecular weight excluding hydrogens is 302 g/mol. The predicted octanol–water partition coefficient (Wildman–Crippen LogP) is 2.80. The van der Waals surface area contributed by atoms with Crippen molar-refractivity contribution in [3.63, 3.8) is 0 Å². The van der Waals surface area contributed by atoms with Crippen LogP contribution in [0.4, 0.5) is 0 Å². The van der Waals surface area contributed by atoms with Gasteiger partial charge in [-0.3, -0.25) is 0 Å². The van der Waals surface area contributed by atoms with Gasteiger partial charge in [-0.25, -0.2) is 4.79 Å². The summed E-state index contributed by atoms with van der Waals surface area (Å²) in [5.41, 5.74) is 1.16. The third-order valence-corrected chi connectivity index (χ3v) is 4.28. The van der Waals surface area contributed by atoms with Crippen LogP contribution < -0.4 is 14.8 Å². The molecular formula is C16H19NO4S. The van der Waals surface area contributed by atoms with Crippen LogP contribution in [0.2, 0.25) is 0 Å². The van der Waals surface area contributed by atoms with Crippen molar-refractivity contribution in [2.75, 3.05) is 20.8 Å². The zero-order valence-electron chi connectivity index (χ0n) is 12.6. The molecule has 0 saturated heterocycles. The summed E-state index contributed by atoms with van der Waals surface area (Å²) in [6, 6.07) is 9.35. The fourth-order valence-electron chi connectivity index (χ4n) is 2.07. The molecule has 22 heavy (non-hydrogen) atoms. The van der Waals surface area contributed by atoms with Gasteiger partial charge >= 0.3 is 5.97 Å². The molecule has 2 aromatic rings. The lowest BCUT2D eigenvalue weighted by Gasteiger charge is -2.09. The highest BCUT2D eigenvalue weighted by Gasteiger charge is 2.07. The average Bonchev–Trinajstić information content (AvgIpc) is 3.00. The molecule has 1 aromatic carbocycles. The molecule has 0 aliphatic rings. The average molecular weight is 321 g/mol. The second kappa shape index (κ2) is 7.82. The van der Waals surface area contributed by atoms with Gasteiger partial charge in [0.2, 0.25) is 0 Å². The number of carboxylic acid groups (broad SMARTS) is 1. The van der Waals surface area contributed by atoms with E-state index in [1.54, 1.807) is 20.3 Å². The van der Waals surface area contributed by atoms with E-state index in [9.17, 15) is 4.79 Å². The topological polar surface area (TPSA) is 67.8 Å². The molecule has 5 nitrogen and oxygen atoms in total. The molecule has 0 fully saturated rings. The van der Waals surface area contributed by atoms with Crippen molar-refractivity contribution in [3.8, 4) is 11.5 Å². The number of rotatable bonds is 8. The number of hydrogen-bond acceptors (Lipinski definition) is 5. The van der Waals surface area contributed by atoms with Gasteiger partial charge in [0, 0.05) is 11.4 Å². The third kappa shape index (κ3) is 4.22. The maximum Gasteiger partial charge on any atom is 0.345 e. The monoisotopic (exact) mass is 321 g/mol. The van der Waals surface area contributed by atoms with Gasteiger partial charge in [-0.2, -0.15) is 0 Å². The van der Waals surface area contributed by atoms with Crippen LogP contribution in [-0.4, -0.2) is 31.8 Å². The van der Waals surface area contributed by atoms with Crippen LogP contribution in [0.1, 0.15) is 20.1 Å². The highest BCUT2D eigenvalue weighted by molar-refractivity contribution is 7.13. The second-order valence-electron chi connectivity index (χ2n) is 4.69. The van der Waals surface area contributed by atoms with Gasteiger partial charge < -0.3 is 19.9 Å². The van der Waals surface area contributed by atoms with E-state index in [0.717, 1.165) is 34.9 Å². The summed E-state index contributed by atoms with van der Waals surface area (Å²) in [6.07, 6.45) is 0.859. The predicted molar refractivity (Wildman–Crippen MR) is 86.2 cm³/mol. The zero-order valence-corrected chi connectivity index (χ0v) is 13.4. The maximum absolute atomic E-state index is 10.8. The van der Waals surface area contributed by atoms with E-state index < -0.39 is 5.97 Å². The summed E-state index contributed by atoms with van der Waals surface area (Å²) in [5, 5.41) is 12.2. The standard InChI is InChI=1S/C16H19NO4S/c1-20-13-5-3-11(9-14(13)21-2)7-8-17-10-12-4-6-15(22-12)16(18)19/h3-6,9,17H,7-8,10H2,1-2H3,(H,18,19). The Kier molecular flexibility index (Phi) is 5.80. The van der Waals surface area contributed by atoms with Crippen molar-refractivity contribution < 1.29 is 19.4 Å². The van der Waals surface area contributed by atoms with E-state index in [2.05, 4.69) is 5.32 Å². The molecule has 118 valence electrons. The molecule has 6 heteroatoms. The Bertz CT molecular complexity index is 639. The van der Waals surface area contributed by atoms with Crippen molar-refractivity contribution in [2.45, 2.75) is 13.0 Å². The Balaban J connectivity index is 1.82. The Morgan fingerprint density at radius 3 is 2.59 bits per heavy atom. The molecule has 0 saturated carbocycles. The number of benzene rings is 1. The first-order valence-electron chi connectivity index (χ1n) is 6.87. The van der Waals surface area contributed by atoms with Crippen LogP contribution in [0.3, 0.4) is 0 Å². The second-order valence-corrected chi connectivity index (χ2v) is 5.86. The Morgan fingerprint density at radius 2 is 1.95 bits per heavy atom. The fraction of sp³-hybridized carbons (Fsp3) is 0.312. The van der Waals surface area contributed by atoms with Crippen LogP contribution in [-0.2, 0) is 13.0 Å². The number of methoxy groups -OCH3 is 2. The Morgan fingerprint density at radius 1 is 1.18 bits per heavy atom. The lowest BCUT2D eigenvalue weighted by molar-refractivity contribution is 0.0702. The van der Waals surface area contributed by atoms with Crippen molar-refractivity contribution in [2.24, 2.45) is 0 Å². The molecule has 0 aliphatic heterocycles. The minimum absolute atomic E-state index is 0.372. The number of hydrogen-bond donors (Lipinski definition) is 2. The number of thiophene rings is 1. The number of ether oxygens (including phenoxy) is 2. The van der Waals surface area contributed by atoms with Crippen LogP contribution in [0.15, 0.2) is 30.3 Å². The lowest BCUT2D eigenvalue weighted by Crippen LogP contribution is -2.16. The minimum Gasteiger partial charge on any atom is -0.493 e. The van der Waals surface area contributed by atoms with Crippen LogP contribution in [0.5, 0.6) is 11.5 Å². The number of carbonyl (C=O) groups is 1. The SMILES string of the molecule is COc1ccc(CCNCc2ccc(C(=O)O)s2)cc1OC. The Hall–Kier alpha value is -2.05. The van der Waals surface area contributed by atoms with Crippen LogP contribution in [0.25, 0.3) is 0 Å². The molecule has 2 N–H and O–H groups in total. The third-order valence-electron chi connectivity index (χ3n) is 3.21. The molecule has 0 spiro atoms. The molecule has 0 unspecified atom stereocenters. The largest absolute Gasteiger partial charge is 0.493 e. The van der Waals surface area contributed by atoms with Crippen molar-refractivity contribution in [1.29, 1.82) is 0 Å². The summed E-state index contributed by atoms with van der Waals surface area (Å²) in [7, 11) is 3.24. The minimum atomic E-state index is -0.874. The summed E-state index contributed by atoms with van der Waals surface area (Å²) >= 11 is 1.30. The Labute approximate surface area is 133 Å².